The summed E-state index contributed by atoms with van der Waals surface area (Å²) in [5.41, 5.74) is 5.95. The Hall–Kier alpha value is -2.42. The van der Waals surface area contributed by atoms with Crippen LogP contribution in [-0.2, 0) is 11.2 Å². The van der Waals surface area contributed by atoms with Crippen LogP contribution in [0.25, 0.3) is 11.6 Å². The highest BCUT2D eigenvalue weighted by atomic mass is 16.1. The molecule has 1 aliphatic heterocycles. The van der Waals surface area contributed by atoms with Crippen molar-refractivity contribution in [1.82, 2.24) is 4.98 Å². The topological polar surface area (TPSA) is 42.0 Å². The molecule has 0 saturated heterocycles. The van der Waals surface area contributed by atoms with E-state index in [1.165, 1.54) is 42.4 Å². The highest BCUT2D eigenvalue weighted by Crippen LogP contribution is 2.30. The fraction of sp³-hybridized carbons (Fsp3) is 0.364. The van der Waals surface area contributed by atoms with Crippen LogP contribution < -0.4 is 5.32 Å². The second-order valence-electron chi connectivity index (χ2n) is 6.69. The van der Waals surface area contributed by atoms with E-state index >= 15 is 0 Å². The average Bonchev–Trinajstić information content (AvgIpc) is 2.64. The van der Waals surface area contributed by atoms with Gasteiger partial charge in [-0.3, -0.25) is 9.78 Å². The summed E-state index contributed by atoms with van der Waals surface area (Å²) < 4.78 is 0. The van der Waals surface area contributed by atoms with Crippen molar-refractivity contribution in [3.8, 4) is 0 Å². The van der Waals surface area contributed by atoms with Gasteiger partial charge < -0.3 is 5.32 Å². The van der Waals surface area contributed by atoms with Crippen LogP contribution in [0.2, 0.25) is 0 Å². The lowest BCUT2D eigenvalue weighted by atomic mass is 9.93. The molecule has 3 heteroatoms. The standard InChI is InChI=1S/C22H26N2O/c1-2-3-4-5-8-18(14-17-7-6-13-23-16-17)19-9-11-21-20(15-19)10-12-22(25)24-21/h6-7,9,11,13-16H,2-5,8,10,12H2,1H3,(H,24,25)/b18-14+. The molecule has 1 aromatic heterocycles. The number of anilines is 1. The van der Waals surface area contributed by atoms with Crippen molar-refractivity contribution >= 4 is 23.2 Å². The number of amides is 1. The van der Waals surface area contributed by atoms with Crippen LogP contribution in [0.4, 0.5) is 5.69 Å². The molecule has 1 aliphatic rings. The third kappa shape index (κ3) is 4.79. The van der Waals surface area contributed by atoms with Crippen molar-refractivity contribution < 1.29 is 4.79 Å². The van der Waals surface area contributed by atoms with Gasteiger partial charge in [-0.1, -0.05) is 38.3 Å². The lowest BCUT2D eigenvalue weighted by Gasteiger charge is -2.18. The molecule has 1 amide bonds. The zero-order chi connectivity index (χ0) is 17.5. The summed E-state index contributed by atoms with van der Waals surface area (Å²) >= 11 is 0. The maximum atomic E-state index is 11.6. The maximum Gasteiger partial charge on any atom is 0.224 e. The van der Waals surface area contributed by atoms with Crippen LogP contribution in [0.3, 0.4) is 0 Å². The van der Waals surface area contributed by atoms with E-state index in [-0.39, 0.29) is 5.91 Å². The number of allylic oxidation sites excluding steroid dienone is 1. The normalized spacial score (nSPS) is 14.1. The number of carbonyl (C=O) groups is 1. The quantitative estimate of drug-likeness (QED) is 0.681. The van der Waals surface area contributed by atoms with Crippen LogP contribution in [0.15, 0.2) is 42.7 Å². The van der Waals surface area contributed by atoms with Gasteiger partial charge in [-0.15, -0.1) is 0 Å². The second kappa shape index (κ2) is 8.61. The van der Waals surface area contributed by atoms with E-state index in [9.17, 15) is 4.79 Å². The molecule has 0 fully saturated rings. The molecule has 1 aromatic carbocycles. The van der Waals surface area contributed by atoms with E-state index in [1.54, 1.807) is 6.20 Å². The van der Waals surface area contributed by atoms with Gasteiger partial charge in [-0.25, -0.2) is 0 Å². The molecule has 0 bridgehead atoms. The minimum absolute atomic E-state index is 0.117. The SMILES string of the molecule is CCCCCC/C(=C\c1cccnc1)c1ccc2c(c1)CCC(=O)N2. The smallest absolute Gasteiger partial charge is 0.224 e. The molecule has 0 atom stereocenters. The lowest BCUT2D eigenvalue weighted by Crippen LogP contribution is -2.18. The van der Waals surface area contributed by atoms with Crippen molar-refractivity contribution in [2.75, 3.05) is 5.32 Å². The third-order valence-corrected chi connectivity index (χ3v) is 4.70. The molecule has 0 saturated carbocycles. The molecule has 25 heavy (non-hydrogen) atoms. The van der Waals surface area contributed by atoms with Crippen LogP contribution in [0.1, 0.15) is 62.1 Å². The summed E-state index contributed by atoms with van der Waals surface area (Å²) in [5.74, 6) is 0.117. The second-order valence-corrected chi connectivity index (χ2v) is 6.69. The number of hydrogen-bond acceptors (Lipinski definition) is 2. The fourth-order valence-electron chi connectivity index (χ4n) is 3.29. The van der Waals surface area contributed by atoms with Crippen molar-refractivity contribution in [3.05, 3.63) is 59.4 Å². The Morgan fingerprint density at radius 1 is 1.20 bits per heavy atom. The van der Waals surface area contributed by atoms with E-state index in [2.05, 4.69) is 41.5 Å². The molecule has 2 heterocycles. The first kappa shape index (κ1) is 17.4. The molecular weight excluding hydrogens is 308 g/mol. The van der Waals surface area contributed by atoms with Gasteiger partial charge >= 0.3 is 0 Å². The Morgan fingerprint density at radius 3 is 2.92 bits per heavy atom. The number of hydrogen-bond donors (Lipinski definition) is 1. The van der Waals surface area contributed by atoms with Crippen molar-refractivity contribution in [2.24, 2.45) is 0 Å². The largest absolute Gasteiger partial charge is 0.326 e. The van der Waals surface area contributed by atoms with Gasteiger partial charge in [0.05, 0.1) is 0 Å². The summed E-state index contributed by atoms with van der Waals surface area (Å²) in [6.45, 7) is 2.24. The molecule has 130 valence electrons. The number of rotatable bonds is 7. The Morgan fingerprint density at radius 2 is 2.12 bits per heavy atom. The molecule has 0 aliphatic carbocycles. The molecule has 2 aromatic rings. The minimum atomic E-state index is 0.117. The van der Waals surface area contributed by atoms with Gasteiger partial charge in [-0.2, -0.15) is 0 Å². The Balaban J connectivity index is 1.86. The summed E-state index contributed by atoms with van der Waals surface area (Å²) in [7, 11) is 0. The number of aromatic nitrogens is 1. The molecule has 3 nitrogen and oxygen atoms in total. The Labute approximate surface area is 150 Å². The Kier molecular flexibility index (Phi) is 5.99. The van der Waals surface area contributed by atoms with Gasteiger partial charge in [0, 0.05) is 24.5 Å². The first-order valence-electron chi connectivity index (χ1n) is 9.30. The van der Waals surface area contributed by atoms with Crippen LogP contribution in [-0.4, -0.2) is 10.9 Å². The Bertz CT molecular complexity index is 750. The summed E-state index contributed by atoms with van der Waals surface area (Å²) in [6.07, 6.45) is 13.4. The van der Waals surface area contributed by atoms with E-state index in [0.29, 0.717) is 6.42 Å². The third-order valence-electron chi connectivity index (χ3n) is 4.70. The predicted molar refractivity (Wildman–Crippen MR) is 104 cm³/mol. The summed E-state index contributed by atoms with van der Waals surface area (Å²) in [6, 6.07) is 10.5. The number of benzene rings is 1. The summed E-state index contributed by atoms with van der Waals surface area (Å²) in [4.78, 5) is 15.8. The zero-order valence-electron chi connectivity index (χ0n) is 14.9. The number of pyridine rings is 1. The number of aryl methyl sites for hydroxylation is 1. The zero-order valence-corrected chi connectivity index (χ0v) is 14.9. The molecule has 0 spiro atoms. The van der Waals surface area contributed by atoms with E-state index in [4.69, 9.17) is 0 Å². The van der Waals surface area contributed by atoms with E-state index in [1.807, 2.05) is 18.3 Å². The first-order valence-corrected chi connectivity index (χ1v) is 9.30. The summed E-state index contributed by atoms with van der Waals surface area (Å²) in [5, 5.41) is 2.97. The van der Waals surface area contributed by atoms with Crippen LogP contribution in [0, 0.1) is 0 Å². The van der Waals surface area contributed by atoms with Crippen molar-refractivity contribution in [2.45, 2.75) is 51.9 Å². The van der Waals surface area contributed by atoms with Crippen LogP contribution >= 0.6 is 0 Å². The van der Waals surface area contributed by atoms with E-state index < -0.39 is 0 Å². The van der Waals surface area contributed by atoms with Gasteiger partial charge in [0.25, 0.3) is 0 Å². The number of fused-ring (bicyclic) bond motifs is 1. The molecule has 3 rings (SSSR count). The number of nitrogens with zero attached hydrogens (tertiary/aromatic N) is 1. The number of nitrogens with one attached hydrogen (secondary N) is 1. The highest BCUT2D eigenvalue weighted by Gasteiger charge is 2.15. The predicted octanol–water partition coefficient (Wildman–Crippen LogP) is 5.48. The van der Waals surface area contributed by atoms with Gasteiger partial charge in [0.1, 0.15) is 0 Å². The monoisotopic (exact) mass is 334 g/mol. The fourth-order valence-corrected chi connectivity index (χ4v) is 3.29. The van der Waals surface area contributed by atoms with Gasteiger partial charge in [0.15, 0.2) is 0 Å². The molecule has 0 radical (unpaired) electrons. The van der Waals surface area contributed by atoms with E-state index in [0.717, 1.165) is 24.1 Å². The van der Waals surface area contributed by atoms with Crippen LogP contribution in [0.5, 0.6) is 0 Å². The average molecular weight is 334 g/mol. The van der Waals surface area contributed by atoms with Gasteiger partial charge in [0.2, 0.25) is 5.91 Å². The minimum Gasteiger partial charge on any atom is -0.326 e. The lowest BCUT2D eigenvalue weighted by molar-refractivity contribution is -0.116. The molecule has 1 N–H and O–H groups in total. The number of carbonyl (C=O) groups excluding carboxylic acids is 1. The maximum absolute atomic E-state index is 11.6. The molecule has 0 unspecified atom stereocenters. The van der Waals surface area contributed by atoms with Crippen molar-refractivity contribution in [1.29, 1.82) is 0 Å². The highest BCUT2D eigenvalue weighted by molar-refractivity contribution is 5.94. The van der Waals surface area contributed by atoms with Gasteiger partial charge in [-0.05, 0) is 65.8 Å². The first-order chi connectivity index (χ1) is 12.3. The van der Waals surface area contributed by atoms with Crippen molar-refractivity contribution in [3.63, 3.8) is 0 Å². The molecular formula is C22H26N2O. The number of unbranched alkanes of at least 4 members (excludes halogenated alkanes) is 3.